The van der Waals surface area contributed by atoms with E-state index >= 15 is 0 Å². The first-order valence-corrected chi connectivity index (χ1v) is 7.11. The molecule has 0 radical (unpaired) electrons. The minimum absolute atomic E-state index is 0.120. The van der Waals surface area contributed by atoms with Crippen LogP contribution in [-0.4, -0.2) is 48.5 Å². The van der Waals surface area contributed by atoms with E-state index in [0.717, 1.165) is 0 Å². The van der Waals surface area contributed by atoms with Crippen molar-refractivity contribution in [3.63, 3.8) is 0 Å². The van der Waals surface area contributed by atoms with E-state index < -0.39 is 24.0 Å². The van der Waals surface area contributed by atoms with Crippen LogP contribution in [0.25, 0.3) is 0 Å². The highest BCUT2D eigenvalue weighted by Crippen LogP contribution is 2.27. The highest BCUT2D eigenvalue weighted by atomic mass is 16.6. The molecule has 2 atom stereocenters. The summed E-state index contributed by atoms with van der Waals surface area (Å²) in [6.45, 7) is 0.120. The van der Waals surface area contributed by atoms with Crippen molar-refractivity contribution in [2.24, 2.45) is 0 Å². The molecule has 2 rings (SSSR count). The number of amides is 3. The molecule has 23 heavy (non-hydrogen) atoms. The van der Waals surface area contributed by atoms with Crippen molar-refractivity contribution in [2.45, 2.75) is 25.2 Å². The molecule has 2 heterocycles. The van der Waals surface area contributed by atoms with E-state index in [-0.39, 0.29) is 18.5 Å². The minimum atomic E-state index is -0.531. The van der Waals surface area contributed by atoms with E-state index in [1.54, 1.807) is 0 Å². The van der Waals surface area contributed by atoms with Gasteiger partial charge in [0, 0.05) is 20.3 Å². The predicted octanol–water partition coefficient (Wildman–Crippen LogP) is 0.0282. The van der Waals surface area contributed by atoms with Crippen LogP contribution in [0.1, 0.15) is 19.1 Å². The number of carbonyl (C=O) groups excluding carboxylic acids is 2. The molecular formula is C13H19N5O5. The Morgan fingerprint density at radius 2 is 2.17 bits per heavy atom. The molecule has 1 fully saturated rings. The second-order valence-electron chi connectivity index (χ2n) is 4.85. The molecule has 0 saturated carbocycles. The smallest absolute Gasteiger partial charge is 0.406 e. The summed E-state index contributed by atoms with van der Waals surface area (Å²) >= 11 is 0. The maximum atomic E-state index is 12.0. The average Bonchev–Trinajstić information content (AvgIpc) is 3.01. The minimum Gasteiger partial charge on any atom is -0.447 e. The van der Waals surface area contributed by atoms with Crippen molar-refractivity contribution in [1.29, 1.82) is 0 Å². The molecule has 10 heteroatoms. The first kappa shape index (κ1) is 16.7. The van der Waals surface area contributed by atoms with Gasteiger partial charge < -0.3 is 20.1 Å². The van der Waals surface area contributed by atoms with Crippen LogP contribution in [0.2, 0.25) is 0 Å². The van der Waals surface area contributed by atoms with Gasteiger partial charge in [0.25, 0.3) is 0 Å². The molecule has 1 aliphatic rings. The van der Waals surface area contributed by atoms with Gasteiger partial charge in [-0.15, -0.1) is 0 Å². The molecule has 1 aromatic rings. The van der Waals surface area contributed by atoms with Crippen LogP contribution in [0.4, 0.5) is 15.4 Å². The zero-order chi connectivity index (χ0) is 16.8. The molecule has 0 bridgehead atoms. The first-order chi connectivity index (χ1) is 11.0. The average molecular weight is 325 g/mol. The highest BCUT2D eigenvalue weighted by molar-refractivity contribution is 5.87. The van der Waals surface area contributed by atoms with Gasteiger partial charge in [0.15, 0.2) is 0 Å². The third-order valence-corrected chi connectivity index (χ3v) is 3.30. The summed E-state index contributed by atoms with van der Waals surface area (Å²) in [5, 5.41) is 7.13. The zero-order valence-corrected chi connectivity index (χ0v) is 12.9. The van der Waals surface area contributed by atoms with Crippen molar-refractivity contribution in [2.75, 3.05) is 26.0 Å². The number of aromatic nitrogens is 2. The number of nitrogens with zero attached hydrogens (tertiary/aromatic N) is 2. The van der Waals surface area contributed by atoms with Crippen molar-refractivity contribution in [3.8, 4) is 0 Å². The fraction of sp³-hybridized carbons (Fsp3) is 0.538. The Hall–Kier alpha value is -2.62. The molecule has 3 N–H and O–H groups in total. The Bertz CT molecular complexity index is 631. The predicted molar refractivity (Wildman–Crippen MR) is 80.1 cm³/mol. The maximum absolute atomic E-state index is 12.0. The topological polar surface area (TPSA) is 124 Å². The molecule has 2 unspecified atom stereocenters. The van der Waals surface area contributed by atoms with Gasteiger partial charge in [-0.3, -0.25) is 9.88 Å². The lowest BCUT2D eigenvalue weighted by molar-refractivity contribution is -0.0280. The van der Waals surface area contributed by atoms with Gasteiger partial charge in [0.2, 0.25) is 0 Å². The van der Waals surface area contributed by atoms with Crippen molar-refractivity contribution >= 4 is 17.9 Å². The fourth-order valence-electron chi connectivity index (χ4n) is 2.14. The lowest BCUT2D eigenvalue weighted by atomic mass is 10.2. The number of urea groups is 1. The molecule has 1 aromatic heterocycles. The number of hydrogen-bond donors (Lipinski definition) is 3. The van der Waals surface area contributed by atoms with E-state index in [4.69, 9.17) is 9.47 Å². The van der Waals surface area contributed by atoms with Gasteiger partial charge in [-0.05, 0) is 18.9 Å². The van der Waals surface area contributed by atoms with E-state index in [1.165, 1.54) is 30.9 Å². The summed E-state index contributed by atoms with van der Waals surface area (Å²) in [4.78, 5) is 38.0. The Kier molecular flexibility index (Phi) is 5.52. The summed E-state index contributed by atoms with van der Waals surface area (Å²) in [6, 6.07) is 1.05. The van der Waals surface area contributed by atoms with Crippen LogP contribution < -0.4 is 21.6 Å². The van der Waals surface area contributed by atoms with Crippen molar-refractivity contribution < 1.29 is 19.1 Å². The van der Waals surface area contributed by atoms with Crippen molar-refractivity contribution in [1.82, 2.24) is 20.2 Å². The van der Waals surface area contributed by atoms with E-state index in [1.807, 2.05) is 0 Å². The van der Waals surface area contributed by atoms with Crippen LogP contribution in [0.3, 0.4) is 0 Å². The standard InChI is InChI=1S/C13H19N5O5/c1-14-11(19)16-9-5-6-18(12(20)17-9)10-4-3-8(23-10)7-22-13(21)15-2/h5-6,8,10H,3-4,7H2,1-2H3,(H,15,21)(H2,14,16,17,19,20). The molecule has 10 nitrogen and oxygen atoms in total. The Morgan fingerprint density at radius 1 is 1.39 bits per heavy atom. The monoisotopic (exact) mass is 325 g/mol. The molecule has 126 valence electrons. The Balaban J connectivity index is 1.96. The highest BCUT2D eigenvalue weighted by Gasteiger charge is 2.28. The Morgan fingerprint density at radius 3 is 2.83 bits per heavy atom. The largest absolute Gasteiger partial charge is 0.447 e. The van der Waals surface area contributed by atoms with Gasteiger partial charge in [-0.1, -0.05) is 0 Å². The molecule has 0 spiro atoms. The van der Waals surface area contributed by atoms with Crippen LogP contribution in [-0.2, 0) is 9.47 Å². The van der Waals surface area contributed by atoms with Gasteiger partial charge >= 0.3 is 17.8 Å². The number of anilines is 1. The molecule has 1 saturated heterocycles. The number of nitrogens with one attached hydrogen (secondary N) is 3. The number of rotatable bonds is 4. The zero-order valence-electron chi connectivity index (χ0n) is 12.9. The summed E-state index contributed by atoms with van der Waals surface area (Å²) in [5.74, 6) is 0.156. The lowest BCUT2D eigenvalue weighted by Gasteiger charge is -2.16. The third kappa shape index (κ3) is 4.42. The van der Waals surface area contributed by atoms with Gasteiger partial charge in [-0.25, -0.2) is 14.4 Å². The van der Waals surface area contributed by atoms with Crippen LogP contribution in [0.5, 0.6) is 0 Å². The fourth-order valence-corrected chi connectivity index (χ4v) is 2.14. The Labute approximate surface area is 132 Å². The van der Waals surface area contributed by atoms with E-state index in [0.29, 0.717) is 12.8 Å². The molecule has 1 aliphatic heterocycles. The maximum Gasteiger partial charge on any atom is 0.406 e. The van der Waals surface area contributed by atoms with Gasteiger partial charge in [0.1, 0.15) is 18.7 Å². The van der Waals surface area contributed by atoms with Gasteiger partial charge in [-0.2, -0.15) is 4.98 Å². The molecule has 3 amide bonds. The number of hydrogen-bond acceptors (Lipinski definition) is 6. The van der Waals surface area contributed by atoms with E-state index in [9.17, 15) is 14.4 Å². The number of ether oxygens (including phenoxy) is 2. The van der Waals surface area contributed by atoms with E-state index in [2.05, 4.69) is 20.9 Å². The molecule has 0 aliphatic carbocycles. The van der Waals surface area contributed by atoms with Crippen LogP contribution in [0.15, 0.2) is 17.1 Å². The summed E-state index contributed by atoms with van der Waals surface area (Å²) in [5.41, 5.74) is -0.531. The number of alkyl carbamates (subject to hydrolysis) is 1. The number of carbonyl (C=O) groups is 2. The van der Waals surface area contributed by atoms with Crippen LogP contribution in [0, 0.1) is 0 Å². The SMILES string of the molecule is CNC(=O)Nc1ccn(C2CCC(COC(=O)NC)O2)c(=O)n1. The third-order valence-electron chi connectivity index (χ3n) is 3.30. The second kappa shape index (κ2) is 7.58. The summed E-state index contributed by atoms with van der Waals surface area (Å²) in [6.07, 6.45) is 1.50. The second-order valence-corrected chi connectivity index (χ2v) is 4.85. The lowest BCUT2D eigenvalue weighted by Crippen LogP contribution is -2.31. The normalized spacial score (nSPS) is 19.9. The van der Waals surface area contributed by atoms with Crippen molar-refractivity contribution in [3.05, 3.63) is 22.7 Å². The summed E-state index contributed by atoms with van der Waals surface area (Å²) in [7, 11) is 2.93. The molecule has 0 aromatic carbocycles. The van der Waals surface area contributed by atoms with Gasteiger partial charge in [0.05, 0.1) is 6.10 Å². The first-order valence-electron chi connectivity index (χ1n) is 7.11. The quantitative estimate of drug-likeness (QED) is 0.717. The summed E-state index contributed by atoms with van der Waals surface area (Å²) < 4.78 is 12.0. The molecular weight excluding hydrogens is 306 g/mol. The van der Waals surface area contributed by atoms with Crippen LogP contribution >= 0.6 is 0 Å².